The second-order valence-electron chi connectivity index (χ2n) is 6.76. The van der Waals surface area contributed by atoms with Crippen LogP contribution in [0, 0.1) is 5.92 Å². The summed E-state index contributed by atoms with van der Waals surface area (Å²) in [5.74, 6) is 2.66. The SMILES string of the molecule is CC1CCCC(NC(C)CCc2ccc3c(c2)OCO3)C1. The van der Waals surface area contributed by atoms with Crippen molar-refractivity contribution in [1.29, 1.82) is 0 Å². The summed E-state index contributed by atoms with van der Waals surface area (Å²) in [7, 11) is 0. The Balaban J connectivity index is 1.46. The lowest BCUT2D eigenvalue weighted by Gasteiger charge is -2.30. The Kier molecular flexibility index (Phi) is 4.69. The van der Waals surface area contributed by atoms with Gasteiger partial charge in [-0.05, 0) is 56.2 Å². The zero-order valence-corrected chi connectivity index (χ0v) is 13.2. The molecule has 3 atom stereocenters. The van der Waals surface area contributed by atoms with Crippen molar-refractivity contribution >= 4 is 0 Å². The maximum atomic E-state index is 5.44. The van der Waals surface area contributed by atoms with E-state index in [2.05, 4.69) is 31.3 Å². The van der Waals surface area contributed by atoms with E-state index in [1.807, 2.05) is 6.07 Å². The number of nitrogens with one attached hydrogen (secondary N) is 1. The van der Waals surface area contributed by atoms with Crippen LogP contribution in [-0.2, 0) is 6.42 Å². The van der Waals surface area contributed by atoms with Crippen LogP contribution in [0.1, 0.15) is 51.5 Å². The number of fused-ring (bicyclic) bond motifs is 1. The molecule has 0 radical (unpaired) electrons. The van der Waals surface area contributed by atoms with Gasteiger partial charge in [-0.3, -0.25) is 0 Å². The molecule has 3 unspecified atom stereocenters. The van der Waals surface area contributed by atoms with Gasteiger partial charge in [-0.15, -0.1) is 0 Å². The molecule has 1 aliphatic heterocycles. The number of rotatable bonds is 5. The molecule has 1 fully saturated rings. The zero-order chi connectivity index (χ0) is 14.7. The first-order chi connectivity index (χ1) is 10.2. The molecule has 0 bridgehead atoms. The van der Waals surface area contributed by atoms with Crippen LogP contribution in [0.4, 0.5) is 0 Å². The lowest BCUT2D eigenvalue weighted by atomic mass is 9.86. The summed E-state index contributed by atoms with van der Waals surface area (Å²) in [6.45, 7) is 5.05. The summed E-state index contributed by atoms with van der Waals surface area (Å²) in [4.78, 5) is 0. The fourth-order valence-electron chi connectivity index (χ4n) is 3.55. The summed E-state index contributed by atoms with van der Waals surface area (Å²) in [5.41, 5.74) is 1.34. The predicted octanol–water partition coefficient (Wildman–Crippen LogP) is 3.90. The van der Waals surface area contributed by atoms with Crippen LogP contribution in [0.25, 0.3) is 0 Å². The Labute approximate surface area is 128 Å². The molecule has 3 rings (SSSR count). The smallest absolute Gasteiger partial charge is 0.231 e. The molecule has 0 aromatic heterocycles. The quantitative estimate of drug-likeness (QED) is 0.891. The third-order valence-electron chi connectivity index (χ3n) is 4.76. The van der Waals surface area contributed by atoms with Crippen LogP contribution in [0.2, 0.25) is 0 Å². The van der Waals surface area contributed by atoms with Gasteiger partial charge in [-0.25, -0.2) is 0 Å². The zero-order valence-electron chi connectivity index (χ0n) is 13.2. The number of benzene rings is 1. The minimum absolute atomic E-state index is 0.358. The molecule has 2 aliphatic rings. The number of hydrogen-bond acceptors (Lipinski definition) is 3. The van der Waals surface area contributed by atoms with Crippen molar-refractivity contribution in [3.8, 4) is 11.5 Å². The third-order valence-corrected chi connectivity index (χ3v) is 4.76. The molecular weight excluding hydrogens is 262 g/mol. The van der Waals surface area contributed by atoms with Gasteiger partial charge in [0.25, 0.3) is 0 Å². The topological polar surface area (TPSA) is 30.5 Å². The average molecular weight is 289 g/mol. The first kappa shape index (κ1) is 14.7. The van der Waals surface area contributed by atoms with Gasteiger partial charge in [0.15, 0.2) is 11.5 Å². The predicted molar refractivity (Wildman–Crippen MR) is 84.9 cm³/mol. The van der Waals surface area contributed by atoms with Gasteiger partial charge in [0.05, 0.1) is 0 Å². The molecule has 3 heteroatoms. The summed E-state index contributed by atoms with van der Waals surface area (Å²) in [6, 6.07) is 7.60. The molecule has 0 saturated heterocycles. The highest BCUT2D eigenvalue weighted by molar-refractivity contribution is 5.44. The number of aryl methyl sites for hydroxylation is 1. The summed E-state index contributed by atoms with van der Waals surface area (Å²) in [5, 5.41) is 3.82. The highest BCUT2D eigenvalue weighted by Gasteiger charge is 2.20. The van der Waals surface area contributed by atoms with Crippen molar-refractivity contribution in [2.24, 2.45) is 5.92 Å². The minimum Gasteiger partial charge on any atom is -0.454 e. The number of ether oxygens (including phenoxy) is 2. The summed E-state index contributed by atoms with van der Waals surface area (Å²) >= 11 is 0. The van der Waals surface area contributed by atoms with Gasteiger partial charge in [0.2, 0.25) is 6.79 Å². The number of hydrogen-bond donors (Lipinski definition) is 1. The molecular formula is C18H27NO2. The van der Waals surface area contributed by atoms with Crippen LogP contribution < -0.4 is 14.8 Å². The maximum Gasteiger partial charge on any atom is 0.231 e. The molecule has 21 heavy (non-hydrogen) atoms. The van der Waals surface area contributed by atoms with Crippen LogP contribution in [-0.4, -0.2) is 18.9 Å². The highest BCUT2D eigenvalue weighted by atomic mass is 16.7. The molecule has 0 spiro atoms. The van der Waals surface area contributed by atoms with Crippen LogP contribution in [0.5, 0.6) is 11.5 Å². The van der Waals surface area contributed by atoms with Crippen molar-refractivity contribution in [2.45, 2.75) is 64.5 Å². The standard InChI is InChI=1S/C18H27NO2/c1-13-4-3-5-16(10-13)19-14(2)6-7-15-8-9-17-18(11-15)21-12-20-17/h8-9,11,13-14,16,19H,3-7,10,12H2,1-2H3. The van der Waals surface area contributed by atoms with Crippen molar-refractivity contribution in [2.75, 3.05) is 6.79 Å². The van der Waals surface area contributed by atoms with Crippen molar-refractivity contribution in [3.05, 3.63) is 23.8 Å². The van der Waals surface area contributed by atoms with E-state index in [9.17, 15) is 0 Å². The van der Waals surface area contributed by atoms with E-state index < -0.39 is 0 Å². The van der Waals surface area contributed by atoms with E-state index in [0.29, 0.717) is 12.8 Å². The van der Waals surface area contributed by atoms with Crippen molar-refractivity contribution < 1.29 is 9.47 Å². The molecule has 3 nitrogen and oxygen atoms in total. The van der Waals surface area contributed by atoms with E-state index in [1.54, 1.807) is 0 Å². The monoisotopic (exact) mass is 289 g/mol. The van der Waals surface area contributed by atoms with Gasteiger partial charge in [0.1, 0.15) is 0 Å². The summed E-state index contributed by atoms with van der Waals surface area (Å²) in [6.07, 6.45) is 7.74. The molecule has 1 saturated carbocycles. The minimum atomic E-state index is 0.358. The molecule has 1 aliphatic carbocycles. The first-order valence-corrected chi connectivity index (χ1v) is 8.35. The van der Waals surface area contributed by atoms with E-state index in [1.165, 1.54) is 37.7 Å². The lowest BCUT2D eigenvalue weighted by molar-refractivity contribution is 0.174. The van der Waals surface area contributed by atoms with Crippen molar-refractivity contribution in [1.82, 2.24) is 5.32 Å². The first-order valence-electron chi connectivity index (χ1n) is 8.35. The molecule has 0 amide bonds. The van der Waals surface area contributed by atoms with Gasteiger partial charge in [0, 0.05) is 12.1 Å². The Morgan fingerprint density at radius 2 is 2.10 bits per heavy atom. The highest BCUT2D eigenvalue weighted by Crippen LogP contribution is 2.33. The molecule has 1 N–H and O–H groups in total. The Hall–Kier alpha value is -1.22. The van der Waals surface area contributed by atoms with Crippen LogP contribution in [0.3, 0.4) is 0 Å². The fraction of sp³-hybridized carbons (Fsp3) is 0.667. The largest absolute Gasteiger partial charge is 0.454 e. The normalized spacial score (nSPS) is 25.8. The second-order valence-corrected chi connectivity index (χ2v) is 6.76. The Morgan fingerprint density at radius 1 is 1.24 bits per heavy atom. The van der Waals surface area contributed by atoms with E-state index in [-0.39, 0.29) is 0 Å². The average Bonchev–Trinajstić information content (AvgIpc) is 2.92. The van der Waals surface area contributed by atoms with Crippen molar-refractivity contribution in [3.63, 3.8) is 0 Å². The lowest BCUT2D eigenvalue weighted by Crippen LogP contribution is -2.39. The van der Waals surface area contributed by atoms with Gasteiger partial charge < -0.3 is 14.8 Å². The van der Waals surface area contributed by atoms with Gasteiger partial charge in [-0.1, -0.05) is 25.8 Å². The Morgan fingerprint density at radius 3 is 2.95 bits per heavy atom. The molecule has 116 valence electrons. The second kappa shape index (κ2) is 6.69. The fourth-order valence-corrected chi connectivity index (χ4v) is 3.55. The van der Waals surface area contributed by atoms with E-state index in [0.717, 1.165) is 29.9 Å². The molecule has 1 aromatic rings. The van der Waals surface area contributed by atoms with Crippen LogP contribution in [0.15, 0.2) is 18.2 Å². The third kappa shape index (κ3) is 3.91. The van der Waals surface area contributed by atoms with Crippen LogP contribution >= 0.6 is 0 Å². The van der Waals surface area contributed by atoms with Gasteiger partial charge in [-0.2, -0.15) is 0 Å². The summed E-state index contributed by atoms with van der Waals surface area (Å²) < 4.78 is 10.8. The molecule has 1 heterocycles. The van der Waals surface area contributed by atoms with E-state index >= 15 is 0 Å². The van der Waals surface area contributed by atoms with Gasteiger partial charge >= 0.3 is 0 Å². The molecule has 1 aromatic carbocycles. The Bertz CT molecular complexity index is 474. The maximum absolute atomic E-state index is 5.44. The van der Waals surface area contributed by atoms with E-state index in [4.69, 9.17) is 9.47 Å².